The topological polar surface area (TPSA) is 42.4 Å². The molecule has 1 fully saturated rings. The summed E-state index contributed by atoms with van der Waals surface area (Å²) in [7, 11) is 0. The highest BCUT2D eigenvalue weighted by atomic mass is 19.4. The molecular formula is C16H21F3N2O2. The third-order valence-corrected chi connectivity index (χ3v) is 4.07. The number of alkyl halides is 3. The van der Waals surface area contributed by atoms with E-state index in [1.165, 1.54) is 6.07 Å². The summed E-state index contributed by atoms with van der Waals surface area (Å²) in [5, 5.41) is 0. The van der Waals surface area contributed by atoms with Crippen LogP contribution in [0.2, 0.25) is 0 Å². The van der Waals surface area contributed by atoms with E-state index in [1.807, 2.05) is 11.8 Å². The quantitative estimate of drug-likeness (QED) is 0.793. The Balaban J connectivity index is 2.10. The largest absolute Gasteiger partial charge is 0.466 e. The molecule has 0 spiro atoms. The molecule has 0 bridgehead atoms. The second kappa shape index (κ2) is 7.19. The van der Waals surface area contributed by atoms with E-state index in [0.29, 0.717) is 50.3 Å². The van der Waals surface area contributed by atoms with Crippen LogP contribution in [0.25, 0.3) is 0 Å². The minimum atomic E-state index is -4.38. The Hall–Kier alpha value is -1.79. The molecule has 1 saturated heterocycles. The molecule has 0 aliphatic carbocycles. The lowest BCUT2D eigenvalue weighted by Crippen LogP contribution is -2.38. The summed E-state index contributed by atoms with van der Waals surface area (Å²) in [6.07, 6.45) is -1.77. The fraction of sp³-hybridized carbons (Fsp3) is 0.625. The van der Waals surface area contributed by atoms with E-state index in [4.69, 9.17) is 4.74 Å². The number of hydrogen-bond acceptors (Lipinski definition) is 4. The molecule has 2 heterocycles. The molecule has 1 aliphatic heterocycles. The number of carbonyl (C=O) groups is 1. The van der Waals surface area contributed by atoms with Gasteiger partial charge in [0.05, 0.1) is 18.1 Å². The Kier molecular flexibility index (Phi) is 5.49. The maximum atomic E-state index is 12.8. The molecule has 128 valence electrons. The van der Waals surface area contributed by atoms with Gasteiger partial charge in [0, 0.05) is 19.3 Å². The summed E-state index contributed by atoms with van der Waals surface area (Å²) in [6.45, 7) is 5.13. The zero-order valence-electron chi connectivity index (χ0n) is 13.3. The molecule has 0 unspecified atom stereocenters. The highest BCUT2D eigenvalue weighted by molar-refractivity contribution is 5.72. The van der Waals surface area contributed by atoms with Gasteiger partial charge in [-0.2, -0.15) is 13.2 Å². The van der Waals surface area contributed by atoms with Gasteiger partial charge in [0.2, 0.25) is 0 Å². The van der Waals surface area contributed by atoms with E-state index in [2.05, 4.69) is 4.98 Å². The molecule has 0 saturated carbocycles. The van der Waals surface area contributed by atoms with Gasteiger partial charge >= 0.3 is 12.1 Å². The van der Waals surface area contributed by atoms with Gasteiger partial charge in [-0.3, -0.25) is 4.79 Å². The SMILES string of the molecule is CCOC(=O)C1CCN(c2ncc(C(F)(F)F)cc2CC)CC1. The number of ether oxygens (including phenoxy) is 1. The number of aromatic nitrogens is 1. The van der Waals surface area contributed by atoms with E-state index < -0.39 is 11.7 Å². The van der Waals surface area contributed by atoms with Crippen LogP contribution in [0.3, 0.4) is 0 Å². The molecule has 0 radical (unpaired) electrons. The van der Waals surface area contributed by atoms with Crippen LogP contribution in [0.4, 0.5) is 19.0 Å². The van der Waals surface area contributed by atoms with E-state index in [0.717, 1.165) is 6.20 Å². The van der Waals surface area contributed by atoms with Gasteiger partial charge in [-0.15, -0.1) is 0 Å². The smallest absolute Gasteiger partial charge is 0.417 e. The van der Waals surface area contributed by atoms with Crippen molar-refractivity contribution in [3.8, 4) is 0 Å². The van der Waals surface area contributed by atoms with Crippen molar-refractivity contribution in [2.75, 3.05) is 24.6 Å². The number of aryl methyl sites for hydroxylation is 1. The van der Waals surface area contributed by atoms with Gasteiger partial charge in [-0.1, -0.05) is 6.92 Å². The van der Waals surface area contributed by atoms with Crippen molar-refractivity contribution in [1.29, 1.82) is 0 Å². The predicted molar refractivity (Wildman–Crippen MR) is 80.2 cm³/mol. The van der Waals surface area contributed by atoms with Gasteiger partial charge in [0.25, 0.3) is 0 Å². The second-order valence-corrected chi connectivity index (χ2v) is 5.57. The zero-order valence-corrected chi connectivity index (χ0v) is 13.3. The first-order valence-corrected chi connectivity index (χ1v) is 7.84. The van der Waals surface area contributed by atoms with Crippen molar-refractivity contribution in [2.45, 2.75) is 39.3 Å². The van der Waals surface area contributed by atoms with Gasteiger partial charge in [-0.25, -0.2) is 4.98 Å². The monoisotopic (exact) mass is 330 g/mol. The van der Waals surface area contributed by atoms with Crippen molar-refractivity contribution >= 4 is 11.8 Å². The van der Waals surface area contributed by atoms with Crippen molar-refractivity contribution in [2.24, 2.45) is 5.92 Å². The van der Waals surface area contributed by atoms with E-state index >= 15 is 0 Å². The van der Waals surface area contributed by atoms with Crippen LogP contribution in [-0.4, -0.2) is 30.6 Å². The Labute approximate surface area is 133 Å². The van der Waals surface area contributed by atoms with Crippen LogP contribution in [0.5, 0.6) is 0 Å². The number of hydrogen-bond donors (Lipinski definition) is 0. The minimum absolute atomic E-state index is 0.134. The first kappa shape index (κ1) is 17.6. The van der Waals surface area contributed by atoms with Crippen LogP contribution in [0.15, 0.2) is 12.3 Å². The lowest BCUT2D eigenvalue weighted by atomic mass is 9.96. The molecule has 0 aromatic carbocycles. The molecule has 1 aromatic heterocycles. The molecular weight excluding hydrogens is 309 g/mol. The predicted octanol–water partition coefficient (Wildman–Crippen LogP) is 3.44. The number of pyridine rings is 1. The van der Waals surface area contributed by atoms with Crippen molar-refractivity contribution < 1.29 is 22.7 Å². The standard InChI is InChI=1S/C16H21F3N2O2/c1-3-11-9-13(16(17,18)19)10-20-14(11)21-7-5-12(6-8-21)15(22)23-4-2/h9-10,12H,3-8H2,1-2H3. The van der Waals surface area contributed by atoms with Crippen LogP contribution >= 0.6 is 0 Å². The van der Waals surface area contributed by atoms with E-state index in [9.17, 15) is 18.0 Å². The summed E-state index contributed by atoms with van der Waals surface area (Å²) in [6, 6.07) is 1.17. The summed E-state index contributed by atoms with van der Waals surface area (Å²) in [5.74, 6) is 0.261. The summed E-state index contributed by atoms with van der Waals surface area (Å²) < 4.78 is 43.4. The Morgan fingerprint density at radius 2 is 2.00 bits per heavy atom. The minimum Gasteiger partial charge on any atom is -0.466 e. The van der Waals surface area contributed by atoms with Crippen LogP contribution < -0.4 is 4.90 Å². The van der Waals surface area contributed by atoms with Crippen molar-refractivity contribution in [3.63, 3.8) is 0 Å². The molecule has 0 amide bonds. The molecule has 4 nitrogen and oxygen atoms in total. The molecule has 7 heteroatoms. The number of piperidine rings is 1. The summed E-state index contributed by atoms with van der Waals surface area (Å²) >= 11 is 0. The molecule has 2 rings (SSSR count). The fourth-order valence-corrected chi connectivity index (χ4v) is 2.79. The summed E-state index contributed by atoms with van der Waals surface area (Å²) in [4.78, 5) is 17.7. The Bertz CT molecular complexity index is 553. The Morgan fingerprint density at radius 3 is 2.52 bits per heavy atom. The maximum Gasteiger partial charge on any atom is 0.417 e. The van der Waals surface area contributed by atoms with Crippen LogP contribution in [0, 0.1) is 5.92 Å². The molecule has 1 aromatic rings. The average Bonchev–Trinajstić information content (AvgIpc) is 2.53. The zero-order chi connectivity index (χ0) is 17.0. The second-order valence-electron chi connectivity index (χ2n) is 5.57. The highest BCUT2D eigenvalue weighted by Crippen LogP contribution is 2.32. The number of anilines is 1. The lowest BCUT2D eigenvalue weighted by molar-refractivity contribution is -0.148. The number of carbonyl (C=O) groups excluding carboxylic acids is 1. The van der Waals surface area contributed by atoms with Crippen LogP contribution in [-0.2, 0) is 22.1 Å². The lowest BCUT2D eigenvalue weighted by Gasteiger charge is -2.33. The third kappa shape index (κ3) is 4.14. The first-order chi connectivity index (χ1) is 10.9. The normalized spacial score (nSPS) is 16.5. The Morgan fingerprint density at radius 1 is 1.35 bits per heavy atom. The van der Waals surface area contributed by atoms with Gasteiger partial charge in [0.15, 0.2) is 0 Å². The summed E-state index contributed by atoms with van der Waals surface area (Å²) in [5.41, 5.74) is -0.145. The third-order valence-electron chi connectivity index (χ3n) is 4.07. The fourth-order valence-electron chi connectivity index (χ4n) is 2.79. The van der Waals surface area contributed by atoms with Gasteiger partial charge in [0.1, 0.15) is 5.82 Å². The maximum absolute atomic E-state index is 12.8. The van der Waals surface area contributed by atoms with Gasteiger partial charge < -0.3 is 9.64 Å². The van der Waals surface area contributed by atoms with Crippen LogP contribution in [0.1, 0.15) is 37.8 Å². The van der Waals surface area contributed by atoms with E-state index in [1.54, 1.807) is 6.92 Å². The molecule has 0 atom stereocenters. The number of nitrogens with zero attached hydrogens (tertiary/aromatic N) is 2. The number of esters is 1. The molecule has 1 aliphatic rings. The number of halogens is 3. The van der Waals surface area contributed by atoms with Crippen molar-refractivity contribution in [3.05, 3.63) is 23.4 Å². The van der Waals surface area contributed by atoms with Gasteiger partial charge in [-0.05, 0) is 37.8 Å². The van der Waals surface area contributed by atoms with Crippen molar-refractivity contribution in [1.82, 2.24) is 4.98 Å². The highest BCUT2D eigenvalue weighted by Gasteiger charge is 2.33. The average molecular weight is 330 g/mol. The molecule has 23 heavy (non-hydrogen) atoms. The first-order valence-electron chi connectivity index (χ1n) is 7.84. The number of rotatable bonds is 4. The molecule has 0 N–H and O–H groups in total. The van der Waals surface area contributed by atoms with E-state index in [-0.39, 0.29) is 11.9 Å².